The van der Waals surface area contributed by atoms with Crippen molar-refractivity contribution in [3.63, 3.8) is 0 Å². The van der Waals surface area contributed by atoms with Gasteiger partial charge in [0.05, 0.1) is 0 Å². The topological polar surface area (TPSA) is 58.2 Å². The van der Waals surface area contributed by atoms with Crippen molar-refractivity contribution in [1.82, 2.24) is 10.6 Å². The Morgan fingerprint density at radius 2 is 1.19 bits per heavy atom. The van der Waals surface area contributed by atoms with Crippen molar-refractivity contribution in [2.45, 2.75) is 52.6 Å². The fourth-order valence-corrected chi connectivity index (χ4v) is 1.95. The normalized spacial score (nSPS) is 25.9. The van der Waals surface area contributed by atoms with Gasteiger partial charge >= 0.3 is 0 Å². The summed E-state index contributed by atoms with van der Waals surface area (Å²) in [6.45, 7) is 8.17. The number of hydrogen-bond donors (Lipinski definition) is 2. The van der Waals surface area contributed by atoms with E-state index in [1.54, 1.807) is 0 Å². The monoisotopic (exact) mass is 226 g/mol. The second-order valence-corrected chi connectivity index (χ2v) is 5.38. The van der Waals surface area contributed by atoms with Crippen LogP contribution in [-0.4, -0.2) is 23.9 Å². The van der Waals surface area contributed by atoms with Gasteiger partial charge < -0.3 is 10.6 Å². The van der Waals surface area contributed by atoms with Gasteiger partial charge in [-0.25, -0.2) is 0 Å². The molecule has 0 aromatic rings. The summed E-state index contributed by atoms with van der Waals surface area (Å²) >= 11 is 0. The van der Waals surface area contributed by atoms with E-state index in [0.29, 0.717) is 24.7 Å². The van der Waals surface area contributed by atoms with E-state index in [0.717, 1.165) is 0 Å². The van der Waals surface area contributed by atoms with Crippen molar-refractivity contribution in [2.24, 2.45) is 11.8 Å². The number of rotatable bonds is 4. The molecule has 2 amide bonds. The van der Waals surface area contributed by atoms with Gasteiger partial charge in [-0.15, -0.1) is 0 Å². The quantitative estimate of drug-likeness (QED) is 0.753. The van der Waals surface area contributed by atoms with Crippen LogP contribution in [0.15, 0.2) is 0 Å². The van der Waals surface area contributed by atoms with Gasteiger partial charge in [-0.05, 0) is 24.7 Å². The lowest BCUT2D eigenvalue weighted by atomic mass is 9.96. The van der Waals surface area contributed by atoms with E-state index in [-0.39, 0.29) is 23.9 Å². The Bertz CT molecular complexity index is 246. The molecule has 0 spiro atoms. The molecule has 0 bridgehead atoms. The van der Waals surface area contributed by atoms with Crippen LogP contribution in [0, 0.1) is 11.8 Å². The minimum absolute atomic E-state index is 0.0426. The van der Waals surface area contributed by atoms with Crippen LogP contribution in [-0.2, 0) is 9.59 Å². The predicted molar refractivity (Wildman–Crippen MR) is 62.8 cm³/mol. The van der Waals surface area contributed by atoms with Crippen molar-refractivity contribution >= 4 is 11.8 Å². The van der Waals surface area contributed by atoms with Gasteiger partial charge in [0.25, 0.3) is 0 Å². The highest BCUT2D eigenvalue weighted by molar-refractivity contribution is 5.96. The van der Waals surface area contributed by atoms with Crippen molar-refractivity contribution in [3.8, 4) is 0 Å². The maximum atomic E-state index is 11.7. The van der Waals surface area contributed by atoms with Crippen LogP contribution < -0.4 is 10.6 Å². The zero-order valence-electron chi connectivity index (χ0n) is 10.5. The molecule has 1 heterocycles. The van der Waals surface area contributed by atoms with Gasteiger partial charge in [0.15, 0.2) is 0 Å². The maximum absolute atomic E-state index is 11.7. The first kappa shape index (κ1) is 13.0. The third-order valence-corrected chi connectivity index (χ3v) is 2.68. The Morgan fingerprint density at radius 1 is 0.875 bits per heavy atom. The summed E-state index contributed by atoms with van der Waals surface area (Å²) in [5.74, 6) is 0.716. The van der Waals surface area contributed by atoms with Gasteiger partial charge in [0, 0.05) is 0 Å². The van der Waals surface area contributed by atoms with Crippen LogP contribution in [0.25, 0.3) is 0 Å². The first-order valence-electron chi connectivity index (χ1n) is 6.01. The zero-order chi connectivity index (χ0) is 12.3. The predicted octanol–water partition coefficient (Wildman–Crippen LogP) is 1.06. The number of carbonyl (C=O) groups excluding carboxylic acids is 2. The number of hydrogen-bond acceptors (Lipinski definition) is 2. The zero-order valence-corrected chi connectivity index (χ0v) is 10.5. The Hall–Kier alpha value is -1.06. The molecule has 0 saturated carbocycles. The van der Waals surface area contributed by atoms with Crippen LogP contribution in [0.5, 0.6) is 0 Å². The molecule has 1 aliphatic heterocycles. The van der Waals surface area contributed by atoms with Gasteiger partial charge in [-0.2, -0.15) is 0 Å². The maximum Gasteiger partial charge on any atom is 0.243 e. The SMILES string of the molecule is CC(C)CC1NC(=O)C(CC(C)C)NC1=O. The molecule has 0 aromatic carbocycles. The van der Waals surface area contributed by atoms with Crippen LogP contribution >= 0.6 is 0 Å². The molecule has 1 saturated heterocycles. The highest BCUT2D eigenvalue weighted by atomic mass is 16.2. The molecule has 4 nitrogen and oxygen atoms in total. The van der Waals surface area contributed by atoms with E-state index in [9.17, 15) is 9.59 Å². The summed E-state index contributed by atoms with van der Waals surface area (Å²) in [5.41, 5.74) is 0. The van der Waals surface area contributed by atoms with Crippen molar-refractivity contribution in [1.29, 1.82) is 0 Å². The van der Waals surface area contributed by atoms with Gasteiger partial charge in [0.2, 0.25) is 11.8 Å². The van der Waals surface area contributed by atoms with Crippen LogP contribution in [0.1, 0.15) is 40.5 Å². The molecule has 16 heavy (non-hydrogen) atoms. The van der Waals surface area contributed by atoms with E-state index in [1.165, 1.54) is 0 Å². The third-order valence-electron chi connectivity index (χ3n) is 2.68. The summed E-state index contributed by atoms with van der Waals surface area (Å²) in [5, 5.41) is 5.60. The first-order valence-corrected chi connectivity index (χ1v) is 6.01. The lowest BCUT2D eigenvalue weighted by Gasteiger charge is -2.31. The van der Waals surface area contributed by atoms with E-state index in [2.05, 4.69) is 10.6 Å². The molecule has 92 valence electrons. The molecule has 2 atom stereocenters. The molecule has 1 fully saturated rings. The minimum atomic E-state index is -0.351. The Kier molecular flexibility index (Phi) is 4.33. The minimum Gasteiger partial charge on any atom is -0.343 e. The van der Waals surface area contributed by atoms with Gasteiger partial charge in [-0.3, -0.25) is 9.59 Å². The smallest absolute Gasteiger partial charge is 0.243 e. The van der Waals surface area contributed by atoms with Crippen molar-refractivity contribution in [3.05, 3.63) is 0 Å². The average Bonchev–Trinajstić information content (AvgIpc) is 2.11. The summed E-state index contributed by atoms with van der Waals surface area (Å²) in [6.07, 6.45) is 1.40. The Labute approximate surface area is 97.2 Å². The summed E-state index contributed by atoms with van der Waals surface area (Å²) < 4.78 is 0. The molecule has 0 aromatic heterocycles. The van der Waals surface area contributed by atoms with Crippen LogP contribution in [0.3, 0.4) is 0 Å². The molecule has 0 radical (unpaired) electrons. The standard InChI is InChI=1S/C12H22N2O2/c1-7(2)5-9-11(15)14-10(6-8(3)4)12(16)13-9/h7-10H,5-6H2,1-4H3,(H,13,16)(H,14,15). The lowest BCUT2D eigenvalue weighted by Crippen LogP contribution is -2.62. The molecule has 2 unspecified atom stereocenters. The first-order chi connectivity index (χ1) is 7.40. The molecule has 1 rings (SSSR count). The number of piperazine rings is 1. The molecule has 1 aliphatic rings. The van der Waals surface area contributed by atoms with E-state index >= 15 is 0 Å². The van der Waals surface area contributed by atoms with E-state index in [4.69, 9.17) is 0 Å². The summed E-state index contributed by atoms with van der Waals surface area (Å²) in [7, 11) is 0. The highest BCUT2D eigenvalue weighted by Gasteiger charge is 2.33. The average molecular weight is 226 g/mol. The van der Waals surface area contributed by atoms with E-state index in [1.807, 2.05) is 27.7 Å². The molecule has 4 heteroatoms. The number of amides is 2. The Balaban J connectivity index is 2.56. The summed E-state index contributed by atoms with van der Waals surface area (Å²) in [4.78, 5) is 23.5. The number of nitrogens with one attached hydrogen (secondary N) is 2. The van der Waals surface area contributed by atoms with Crippen molar-refractivity contribution in [2.75, 3.05) is 0 Å². The highest BCUT2D eigenvalue weighted by Crippen LogP contribution is 2.12. The second-order valence-electron chi connectivity index (χ2n) is 5.38. The van der Waals surface area contributed by atoms with Gasteiger partial charge in [-0.1, -0.05) is 27.7 Å². The third kappa shape index (κ3) is 3.51. The largest absolute Gasteiger partial charge is 0.343 e. The second kappa shape index (κ2) is 5.32. The van der Waals surface area contributed by atoms with Crippen LogP contribution in [0.2, 0.25) is 0 Å². The van der Waals surface area contributed by atoms with E-state index < -0.39 is 0 Å². The lowest BCUT2D eigenvalue weighted by molar-refractivity contribution is -0.137. The Morgan fingerprint density at radius 3 is 1.44 bits per heavy atom. The summed E-state index contributed by atoms with van der Waals surface area (Å²) in [6, 6.07) is -0.702. The number of carbonyl (C=O) groups is 2. The van der Waals surface area contributed by atoms with Gasteiger partial charge in [0.1, 0.15) is 12.1 Å². The molecule has 2 N–H and O–H groups in total. The van der Waals surface area contributed by atoms with Crippen LogP contribution in [0.4, 0.5) is 0 Å². The fraction of sp³-hybridized carbons (Fsp3) is 0.833. The fourth-order valence-electron chi connectivity index (χ4n) is 1.95. The molecule has 0 aliphatic carbocycles. The van der Waals surface area contributed by atoms with Crippen molar-refractivity contribution < 1.29 is 9.59 Å². The molecular weight excluding hydrogens is 204 g/mol. The molecular formula is C12H22N2O2.